The maximum Gasteiger partial charge on any atom is 0.257 e. The highest BCUT2D eigenvalue weighted by atomic mass is 16.5. The summed E-state index contributed by atoms with van der Waals surface area (Å²) in [6, 6.07) is 7.52. The summed E-state index contributed by atoms with van der Waals surface area (Å²) < 4.78 is 5.41. The highest BCUT2D eigenvalue weighted by molar-refractivity contribution is 5.77. The lowest BCUT2D eigenvalue weighted by molar-refractivity contribution is -0.123. The third-order valence-corrected chi connectivity index (χ3v) is 3.33. The van der Waals surface area contributed by atoms with Crippen LogP contribution in [0.25, 0.3) is 0 Å². The minimum absolute atomic E-state index is 0.0830. The number of amides is 1. The number of hydrogen-bond donors (Lipinski definition) is 2. The van der Waals surface area contributed by atoms with Crippen molar-refractivity contribution < 1.29 is 14.6 Å². The van der Waals surface area contributed by atoms with Crippen LogP contribution in [0.15, 0.2) is 18.2 Å². The van der Waals surface area contributed by atoms with Crippen molar-refractivity contribution in [2.45, 2.75) is 31.8 Å². The van der Waals surface area contributed by atoms with E-state index in [4.69, 9.17) is 10.00 Å². The molecule has 106 valence electrons. The van der Waals surface area contributed by atoms with E-state index >= 15 is 0 Å². The normalized spacial score (nSPS) is 16.9. The molecule has 20 heavy (non-hydrogen) atoms. The Morgan fingerprint density at radius 3 is 3.20 bits per heavy atom. The molecular formula is C15H18N2O3. The fraction of sp³-hybridized carbons (Fsp3) is 0.467. The Bertz CT molecular complexity index is 522. The maximum absolute atomic E-state index is 11.4. The van der Waals surface area contributed by atoms with Gasteiger partial charge in [0, 0.05) is 6.54 Å². The zero-order valence-corrected chi connectivity index (χ0v) is 11.3. The second-order valence-corrected chi connectivity index (χ2v) is 4.82. The van der Waals surface area contributed by atoms with Gasteiger partial charge in [0.2, 0.25) is 0 Å². The van der Waals surface area contributed by atoms with Crippen LogP contribution in [0.2, 0.25) is 0 Å². The molecule has 0 spiro atoms. The smallest absolute Gasteiger partial charge is 0.257 e. The molecule has 1 atom stereocenters. The molecule has 0 aliphatic heterocycles. The van der Waals surface area contributed by atoms with Crippen LogP contribution < -0.4 is 10.1 Å². The Balaban J connectivity index is 1.89. The average Bonchev–Trinajstić information content (AvgIpc) is 2.46. The second-order valence-electron chi connectivity index (χ2n) is 4.82. The van der Waals surface area contributed by atoms with E-state index in [1.165, 1.54) is 0 Å². The number of carbonyl (C=O) groups is 1. The number of rotatable bonds is 5. The van der Waals surface area contributed by atoms with Crippen LogP contribution in [0.1, 0.15) is 36.5 Å². The first-order valence-corrected chi connectivity index (χ1v) is 6.78. The Hall–Kier alpha value is -2.06. The largest absolute Gasteiger partial charge is 0.484 e. The van der Waals surface area contributed by atoms with Gasteiger partial charge >= 0.3 is 0 Å². The monoisotopic (exact) mass is 274 g/mol. The Labute approximate surface area is 118 Å². The average molecular weight is 274 g/mol. The highest BCUT2D eigenvalue weighted by Gasteiger charge is 2.18. The van der Waals surface area contributed by atoms with Crippen molar-refractivity contribution in [3.63, 3.8) is 0 Å². The quantitative estimate of drug-likeness (QED) is 0.796. The number of benzene rings is 1. The second kappa shape index (κ2) is 6.92. The van der Waals surface area contributed by atoms with Gasteiger partial charge in [-0.2, -0.15) is 5.26 Å². The molecule has 0 fully saturated rings. The summed E-state index contributed by atoms with van der Waals surface area (Å²) in [7, 11) is 0. The molecule has 1 amide bonds. The number of ether oxygens (including phenoxy) is 1. The molecule has 1 aliphatic carbocycles. The fourth-order valence-corrected chi connectivity index (χ4v) is 2.30. The Kier molecular flexibility index (Phi) is 4.97. The summed E-state index contributed by atoms with van der Waals surface area (Å²) in [6.45, 7) is 0.252. The Morgan fingerprint density at radius 1 is 1.55 bits per heavy atom. The molecule has 0 heterocycles. The minimum atomic E-state index is -0.438. The molecule has 0 radical (unpaired) electrons. The molecule has 2 rings (SSSR count). The van der Waals surface area contributed by atoms with Crippen LogP contribution in [0.4, 0.5) is 0 Å². The maximum atomic E-state index is 11.4. The topological polar surface area (TPSA) is 82.4 Å². The van der Waals surface area contributed by atoms with E-state index in [1.807, 2.05) is 24.3 Å². The van der Waals surface area contributed by atoms with Gasteiger partial charge in [0.05, 0.1) is 18.6 Å². The summed E-state index contributed by atoms with van der Waals surface area (Å²) in [4.78, 5) is 11.4. The van der Waals surface area contributed by atoms with Gasteiger partial charge in [-0.15, -0.1) is 0 Å². The zero-order chi connectivity index (χ0) is 14.4. The van der Waals surface area contributed by atoms with Gasteiger partial charge in [0.1, 0.15) is 5.75 Å². The molecular weight excluding hydrogens is 256 g/mol. The number of nitriles is 1. The molecule has 1 unspecified atom stereocenters. The van der Waals surface area contributed by atoms with Crippen molar-refractivity contribution in [1.82, 2.24) is 5.32 Å². The van der Waals surface area contributed by atoms with Crippen LogP contribution >= 0.6 is 0 Å². The summed E-state index contributed by atoms with van der Waals surface area (Å²) in [6.07, 6.45) is 2.59. The molecule has 1 aromatic rings. The van der Waals surface area contributed by atoms with E-state index in [-0.39, 0.29) is 18.9 Å². The van der Waals surface area contributed by atoms with Gasteiger partial charge in [-0.3, -0.25) is 4.79 Å². The van der Waals surface area contributed by atoms with Crippen molar-refractivity contribution in [3.05, 3.63) is 29.3 Å². The predicted molar refractivity (Wildman–Crippen MR) is 73.1 cm³/mol. The first kappa shape index (κ1) is 14.4. The molecule has 0 bridgehead atoms. The van der Waals surface area contributed by atoms with Crippen molar-refractivity contribution >= 4 is 5.91 Å². The first-order valence-electron chi connectivity index (χ1n) is 6.78. The van der Waals surface area contributed by atoms with Crippen molar-refractivity contribution in [1.29, 1.82) is 5.26 Å². The third kappa shape index (κ3) is 3.72. The number of aliphatic hydroxyl groups excluding tert-OH is 1. The summed E-state index contributed by atoms with van der Waals surface area (Å²) in [5.74, 6) is 0.332. The van der Waals surface area contributed by atoms with E-state index in [0.29, 0.717) is 12.3 Å². The lowest BCUT2D eigenvalue weighted by atomic mass is 9.89. The van der Waals surface area contributed by atoms with E-state index in [1.54, 1.807) is 0 Å². The van der Waals surface area contributed by atoms with Gasteiger partial charge in [-0.1, -0.05) is 6.07 Å². The van der Waals surface area contributed by atoms with E-state index < -0.39 is 6.10 Å². The lowest BCUT2D eigenvalue weighted by Crippen LogP contribution is -2.29. The third-order valence-electron chi connectivity index (χ3n) is 3.33. The molecule has 0 aromatic heterocycles. The number of hydrogen-bond acceptors (Lipinski definition) is 4. The fourth-order valence-electron chi connectivity index (χ4n) is 2.30. The van der Waals surface area contributed by atoms with Gasteiger partial charge in [0.25, 0.3) is 5.91 Å². The summed E-state index contributed by atoms with van der Waals surface area (Å²) in [5.41, 5.74) is 2.05. The number of carbonyl (C=O) groups excluding carboxylic acids is 1. The molecule has 5 heteroatoms. The van der Waals surface area contributed by atoms with Gasteiger partial charge < -0.3 is 15.2 Å². The van der Waals surface area contributed by atoms with E-state index in [2.05, 4.69) is 5.32 Å². The molecule has 1 aromatic carbocycles. The SMILES string of the molecule is N#CCCNC(=O)COc1ccc2c(c1)C(O)CCC2. The number of aliphatic hydroxyl groups is 1. The predicted octanol–water partition coefficient (Wildman–Crippen LogP) is 1.46. The van der Waals surface area contributed by atoms with Gasteiger partial charge in [-0.25, -0.2) is 0 Å². The zero-order valence-electron chi connectivity index (χ0n) is 11.3. The standard InChI is InChI=1S/C15H18N2O3/c16-7-2-8-17-15(19)10-20-12-6-5-11-3-1-4-14(18)13(11)9-12/h5-6,9,14,18H,1-4,8,10H2,(H,17,19). The first-order chi connectivity index (χ1) is 9.70. The summed E-state index contributed by atoms with van der Waals surface area (Å²) in [5, 5.41) is 20.9. The van der Waals surface area contributed by atoms with Crippen molar-refractivity contribution in [2.24, 2.45) is 0 Å². The molecule has 5 nitrogen and oxygen atoms in total. The van der Waals surface area contributed by atoms with Crippen LogP contribution in [0, 0.1) is 11.3 Å². The number of aryl methyl sites for hydroxylation is 1. The van der Waals surface area contributed by atoms with Gasteiger partial charge in [-0.05, 0) is 42.5 Å². The molecule has 2 N–H and O–H groups in total. The molecule has 0 saturated carbocycles. The van der Waals surface area contributed by atoms with Crippen molar-refractivity contribution in [2.75, 3.05) is 13.2 Å². The van der Waals surface area contributed by atoms with E-state index in [9.17, 15) is 9.90 Å². The van der Waals surface area contributed by atoms with Crippen molar-refractivity contribution in [3.8, 4) is 11.8 Å². The van der Waals surface area contributed by atoms with Crippen LogP contribution in [0.5, 0.6) is 5.75 Å². The van der Waals surface area contributed by atoms with Gasteiger partial charge in [0.15, 0.2) is 6.61 Å². The minimum Gasteiger partial charge on any atom is -0.484 e. The number of fused-ring (bicyclic) bond motifs is 1. The lowest BCUT2D eigenvalue weighted by Gasteiger charge is -2.21. The van der Waals surface area contributed by atoms with E-state index in [0.717, 1.165) is 30.4 Å². The van der Waals surface area contributed by atoms with Crippen LogP contribution in [-0.2, 0) is 11.2 Å². The highest BCUT2D eigenvalue weighted by Crippen LogP contribution is 2.32. The summed E-state index contributed by atoms with van der Waals surface area (Å²) >= 11 is 0. The van der Waals surface area contributed by atoms with Crippen LogP contribution in [0.3, 0.4) is 0 Å². The number of nitrogens with zero attached hydrogens (tertiary/aromatic N) is 1. The molecule has 1 aliphatic rings. The Morgan fingerprint density at radius 2 is 2.40 bits per heavy atom. The number of nitrogens with one attached hydrogen (secondary N) is 1. The molecule has 0 saturated heterocycles. The van der Waals surface area contributed by atoms with Crippen LogP contribution in [-0.4, -0.2) is 24.2 Å².